The molecule has 1 heterocycles. The molecule has 0 saturated heterocycles. The van der Waals surface area contributed by atoms with Gasteiger partial charge in [-0.3, -0.25) is 4.98 Å². The summed E-state index contributed by atoms with van der Waals surface area (Å²) in [4.78, 5) is 3.83. The minimum atomic E-state index is -1.00. The van der Waals surface area contributed by atoms with Gasteiger partial charge < -0.3 is 5.73 Å². The van der Waals surface area contributed by atoms with Crippen molar-refractivity contribution in [1.82, 2.24) is 4.98 Å². The zero-order valence-electron chi connectivity index (χ0n) is 9.00. The Morgan fingerprint density at radius 1 is 1.28 bits per heavy atom. The van der Waals surface area contributed by atoms with Gasteiger partial charge in [0.15, 0.2) is 0 Å². The summed E-state index contributed by atoms with van der Waals surface area (Å²) in [5.74, 6) is -1.26. The van der Waals surface area contributed by atoms with Crippen molar-refractivity contribution in [3.63, 3.8) is 0 Å². The summed E-state index contributed by atoms with van der Waals surface area (Å²) < 4.78 is 27.9. The third-order valence-corrected chi connectivity index (χ3v) is 3.74. The van der Waals surface area contributed by atoms with Crippen LogP contribution in [-0.4, -0.2) is 4.98 Å². The lowest BCUT2D eigenvalue weighted by Crippen LogP contribution is -2.17. The molecule has 1 aromatic heterocycles. The first-order valence-corrected chi connectivity index (χ1v) is 6.19. The van der Waals surface area contributed by atoms with Crippen molar-refractivity contribution in [3.05, 3.63) is 62.8 Å². The predicted octanol–water partition coefficient (Wildman–Crippen LogP) is 3.82. The maximum atomic E-state index is 13.9. The van der Waals surface area contributed by atoms with E-state index in [1.807, 2.05) is 0 Å². The lowest BCUT2D eigenvalue weighted by atomic mass is 10.0. The molecule has 0 amide bonds. The molecule has 0 bridgehead atoms. The third kappa shape index (κ3) is 2.39. The van der Waals surface area contributed by atoms with Gasteiger partial charge in [-0.25, -0.2) is 8.78 Å². The monoisotopic (exact) mass is 332 g/mol. The standard InChI is InChI=1S/C12H8BrClF2N2/c13-7-4-3-6(10(16)9(7)14)11(17)12-8(15)2-1-5-18-12/h1-5,11H,17H2. The highest BCUT2D eigenvalue weighted by atomic mass is 79.9. The number of nitrogens with two attached hydrogens (primary N) is 1. The van der Waals surface area contributed by atoms with Gasteiger partial charge in [-0.2, -0.15) is 0 Å². The van der Waals surface area contributed by atoms with Gasteiger partial charge in [-0.1, -0.05) is 17.7 Å². The Hall–Kier alpha value is -1.04. The quantitative estimate of drug-likeness (QED) is 0.849. The molecule has 18 heavy (non-hydrogen) atoms. The van der Waals surface area contributed by atoms with E-state index in [4.69, 9.17) is 17.3 Å². The Morgan fingerprint density at radius 3 is 2.67 bits per heavy atom. The molecule has 6 heteroatoms. The van der Waals surface area contributed by atoms with Crippen LogP contribution in [0, 0.1) is 11.6 Å². The summed E-state index contributed by atoms with van der Waals surface area (Å²) in [5, 5.41) is -0.0840. The molecule has 0 spiro atoms. The van der Waals surface area contributed by atoms with Crippen molar-refractivity contribution in [1.29, 1.82) is 0 Å². The Morgan fingerprint density at radius 2 is 2.00 bits per heavy atom. The molecule has 1 atom stereocenters. The molecule has 1 aromatic carbocycles. The van der Waals surface area contributed by atoms with Crippen LogP contribution in [0.1, 0.15) is 17.3 Å². The molecule has 0 aliphatic carbocycles. The normalized spacial score (nSPS) is 12.5. The van der Waals surface area contributed by atoms with E-state index in [-0.39, 0.29) is 16.3 Å². The Bertz CT molecular complexity index is 592. The van der Waals surface area contributed by atoms with Crippen LogP contribution in [-0.2, 0) is 0 Å². The van der Waals surface area contributed by atoms with Crippen LogP contribution in [0.4, 0.5) is 8.78 Å². The van der Waals surface area contributed by atoms with E-state index in [2.05, 4.69) is 20.9 Å². The molecule has 0 radical (unpaired) electrons. The molecule has 2 N–H and O–H groups in total. The lowest BCUT2D eigenvalue weighted by Gasteiger charge is -2.14. The SMILES string of the molecule is NC(c1ccc(Br)c(Cl)c1F)c1ncccc1F. The summed E-state index contributed by atoms with van der Waals surface area (Å²) in [6.07, 6.45) is 1.40. The van der Waals surface area contributed by atoms with Gasteiger partial charge in [0.05, 0.1) is 16.8 Å². The fourth-order valence-electron chi connectivity index (χ4n) is 1.56. The zero-order chi connectivity index (χ0) is 13.3. The molecular weight excluding hydrogens is 325 g/mol. The maximum absolute atomic E-state index is 13.9. The van der Waals surface area contributed by atoms with Crippen LogP contribution in [0.2, 0.25) is 5.02 Å². The van der Waals surface area contributed by atoms with Crippen molar-refractivity contribution < 1.29 is 8.78 Å². The second-order valence-corrected chi connectivity index (χ2v) is 4.85. The smallest absolute Gasteiger partial charge is 0.148 e. The van der Waals surface area contributed by atoms with Crippen LogP contribution in [0.25, 0.3) is 0 Å². The van der Waals surface area contributed by atoms with Crippen LogP contribution < -0.4 is 5.73 Å². The van der Waals surface area contributed by atoms with Gasteiger partial charge in [0.1, 0.15) is 11.6 Å². The summed E-state index contributed by atoms with van der Waals surface area (Å²) in [6, 6.07) is 4.67. The van der Waals surface area contributed by atoms with E-state index in [0.717, 1.165) is 0 Å². The Kier molecular flexibility index (Phi) is 3.94. The first-order valence-electron chi connectivity index (χ1n) is 5.01. The van der Waals surface area contributed by atoms with Crippen molar-refractivity contribution in [2.45, 2.75) is 6.04 Å². The molecule has 2 aromatic rings. The lowest BCUT2D eigenvalue weighted by molar-refractivity contribution is 0.565. The molecule has 94 valence electrons. The fourth-order valence-corrected chi connectivity index (χ4v) is 2.03. The molecule has 0 fully saturated rings. The molecule has 1 unspecified atom stereocenters. The molecule has 2 rings (SSSR count). The molecule has 0 aliphatic rings. The summed E-state index contributed by atoms with van der Waals surface area (Å²) in [7, 11) is 0. The van der Waals surface area contributed by atoms with Gasteiger partial charge in [0, 0.05) is 16.2 Å². The number of rotatable bonds is 2. The topological polar surface area (TPSA) is 38.9 Å². The maximum Gasteiger partial charge on any atom is 0.148 e. The molecule has 0 aliphatic heterocycles. The van der Waals surface area contributed by atoms with E-state index in [0.29, 0.717) is 4.47 Å². The highest BCUT2D eigenvalue weighted by Crippen LogP contribution is 2.31. The predicted molar refractivity (Wildman–Crippen MR) is 69.3 cm³/mol. The number of pyridine rings is 1. The van der Waals surface area contributed by atoms with Crippen molar-refractivity contribution in [2.24, 2.45) is 5.73 Å². The minimum absolute atomic E-state index is 0.0187. The zero-order valence-corrected chi connectivity index (χ0v) is 11.3. The number of benzene rings is 1. The molecule has 2 nitrogen and oxygen atoms in total. The van der Waals surface area contributed by atoms with E-state index in [1.54, 1.807) is 6.07 Å². The van der Waals surface area contributed by atoms with E-state index < -0.39 is 17.7 Å². The average molecular weight is 334 g/mol. The largest absolute Gasteiger partial charge is 0.319 e. The van der Waals surface area contributed by atoms with Gasteiger partial charge in [-0.05, 0) is 34.1 Å². The summed E-state index contributed by atoms with van der Waals surface area (Å²) in [6.45, 7) is 0. The molecular formula is C12H8BrClF2N2. The van der Waals surface area contributed by atoms with Crippen LogP contribution in [0.5, 0.6) is 0 Å². The highest BCUT2D eigenvalue weighted by Gasteiger charge is 2.20. The van der Waals surface area contributed by atoms with E-state index in [1.165, 1.54) is 24.4 Å². The fraction of sp³-hybridized carbons (Fsp3) is 0.0833. The number of nitrogens with zero attached hydrogens (tertiary/aromatic N) is 1. The van der Waals surface area contributed by atoms with E-state index in [9.17, 15) is 8.78 Å². The minimum Gasteiger partial charge on any atom is -0.319 e. The van der Waals surface area contributed by atoms with Gasteiger partial charge in [0.2, 0.25) is 0 Å². The first-order chi connectivity index (χ1) is 8.52. The van der Waals surface area contributed by atoms with Gasteiger partial charge >= 0.3 is 0 Å². The highest BCUT2D eigenvalue weighted by molar-refractivity contribution is 9.10. The number of halogens is 4. The number of aromatic nitrogens is 1. The first kappa shape index (κ1) is 13.4. The third-order valence-electron chi connectivity index (χ3n) is 2.48. The second kappa shape index (κ2) is 5.30. The van der Waals surface area contributed by atoms with Crippen molar-refractivity contribution in [3.8, 4) is 0 Å². The number of hydrogen-bond donors (Lipinski definition) is 1. The van der Waals surface area contributed by atoms with Crippen molar-refractivity contribution in [2.75, 3.05) is 0 Å². The Balaban J connectivity index is 2.50. The van der Waals surface area contributed by atoms with E-state index >= 15 is 0 Å². The Labute approximate surface area is 116 Å². The van der Waals surface area contributed by atoms with Crippen LogP contribution in [0.3, 0.4) is 0 Å². The average Bonchev–Trinajstić information content (AvgIpc) is 2.36. The summed E-state index contributed by atoms with van der Waals surface area (Å²) in [5.41, 5.74) is 5.90. The number of hydrogen-bond acceptors (Lipinski definition) is 2. The van der Waals surface area contributed by atoms with Gasteiger partial charge in [-0.15, -0.1) is 0 Å². The van der Waals surface area contributed by atoms with Crippen LogP contribution in [0.15, 0.2) is 34.9 Å². The summed E-state index contributed by atoms with van der Waals surface area (Å²) >= 11 is 8.86. The molecule has 0 saturated carbocycles. The van der Waals surface area contributed by atoms with Crippen molar-refractivity contribution >= 4 is 27.5 Å². The second-order valence-electron chi connectivity index (χ2n) is 3.61. The van der Waals surface area contributed by atoms with Crippen LogP contribution >= 0.6 is 27.5 Å². The van der Waals surface area contributed by atoms with Gasteiger partial charge in [0.25, 0.3) is 0 Å².